The predicted octanol–water partition coefficient (Wildman–Crippen LogP) is -0.0735. The first-order valence-corrected chi connectivity index (χ1v) is 4.26. The molecular formula is C8H18N2O. The summed E-state index contributed by atoms with van der Waals surface area (Å²) in [5, 5.41) is 3.32. The summed E-state index contributed by atoms with van der Waals surface area (Å²) in [7, 11) is 4.19. The molecule has 1 N–H and O–H groups in total. The molecule has 0 spiro atoms. The number of hydrogen-bond donors (Lipinski definition) is 1. The summed E-state index contributed by atoms with van der Waals surface area (Å²) >= 11 is 0. The highest BCUT2D eigenvalue weighted by Crippen LogP contribution is 2.01. The van der Waals surface area contributed by atoms with E-state index in [-0.39, 0.29) is 0 Å². The molecule has 11 heavy (non-hydrogen) atoms. The fourth-order valence-corrected chi connectivity index (χ4v) is 1.21. The molecule has 0 aromatic heterocycles. The van der Waals surface area contributed by atoms with E-state index in [2.05, 4.69) is 24.3 Å². The summed E-state index contributed by atoms with van der Waals surface area (Å²) < 4.78 is 5.54. The Morgan fingerprint density at radius 3 is 2.91 bits per heavy atom. The van der Waals surface area contributed by atoms with Crippen molar-refractivity contribution in [2.75, 3.05) is 40.3 Å². The van der Waals surface area contributed by atoms with Gasteiger partial charge in [0.1, 0.15) is 0 Å². The third kappa shape index (κ3) is 3.70. The Balaban J connectivity index is 2.05. The van der Waals surface area contributed by atoms with E-state index in [9.17, 15) is 0 Å². The lowest BCUT2D eigenvalue weighted by Crippen LogP contribution is -2.39. The average molecular weight is 158 g/mol. The maximum Gasteiger partial charge on any atom is 0.0712 e. The van der Waals surface area contributed by atoms with Gasteiger partial charge in [-0.15, -0.1) is 0 Å². The average Bonchev–Trinajstić information content (AvgIpc) is 2.03. The van der Waals surface area contributed by atoms with E-state index in [1.54, 1.807) is 0 Å². The van der Waals surface area contributed by atoms with Crippen LogP contribution in [-0.2, 0) is 4.74 Å². The number of hydrogen-bond acceptors (Lipinski definition) is 3. The fraction of sp³-hybridized carbons (Fsp3) is 1.00. The van der Waals surface area contributed by atoms with Crippen molar-refractivity contribution < 1.29 is 4.74 Å². The van der Waals surface area contributed by atoms with Gasteiger partial charge < -0.3 is 15.0 Å². The Kier molecular flexibility index (Phi) is 3.83. The molecule has 0 aromatic rings. The number of ether oxygens (including phenoxy) is 1. The fourth-order valence-electron chi connectivity index (χ4n) is 1.21. The standard InChI is InChI=1S/C8H18N2O/c1-10(2)5-3-8-7-9-4-6-11-8/h8-9H,3-7H2,1-2H3. The molecule has 0 amide bonds. The Hall–Kier alpha value is -0.120. The van der Waals surface area contributed by atoms with Gasteiger partial charge in [-0.2, -0.15) is 0 Å². The van der Waals surface area contributed by atoms with Crippen LogP contribution in [0.1, 0.15) is 6.42 Å². The zero-order valence-corrected chi connectivity index (χ0v) is 7.47. The van der Waals surface area contributed by atoms with Crippen molar-refractivity contribution in [3.8, 4) is 0 Å². The first-order valence-electron chi connectivity index (χ1n) is 4.26. The van der Waals surface area contributed by atoms with Crippen LogP contribution in [0.3, 0.4) is 0 Å². The minimum absolute atomic E-state index is 0.436. The first-order chi connectivity index (χ1) is 5.29. The van der Waals surface area contributed by atoms with Gasteiger partial charge in [0.2, 0.25) is 0 Å². The van der Waals surface area contributed by atoms with Crippen molar-refractivity contribution in [1.29, 1.82) is 0 Å². The van der Waals surface area contributed by atoms with Gasteiger partial charge in [0.15, 0.2) is 0 Å². The molecule has 1 saturated heterocycles. The number of rotatable bonds is 3. The van der Waals surface area contributed by atoms with Crippen molar-refractivity contribution in [2.45, 2.75) is 12.5 Å². The van der Waals surface area contributed by atoms with Gasteiger partial charge in [0.25, 0.3) is 0 Å². The van der Waals surface area contributed by atoms with Crippen molar-refractivity contribution in [1.82, 2.24) is 10.2 Å². The predicted molar refractivity (Wildman–Crippen MR) is 45.8 cm³/mol. The Morgan fingerprint density at radius 1 is 1.55 bits per heavy atom. The van der Waals surface area contributed by atoms with Crippen LogP contribution in [0.25, 0.3) is 0 Å². The molecule has 0 aliphatic carbocycles. The minimum Gasteiger partial charge on any atom is -0.376 e. The number of morpholine rings is 1. The van der Waals surface area contributed by atoms with E-state index >= 15 is 0 Å². The Morgan fingerprint density at radius 2 is 2.36 bits per heavy atom. The lowest BCUT2D eigenvalue weighted by atomic mass is 10.2. The molecule has 0 radical (unpaired) electrons. The number of nitrogens with zero attached hydrogens (tertiary/aromatic N) is 1. The van der Waals surface area contributed by atoms with Crippen LogP contribution in [0.2, 0.25) is 0 Å². The van der Waals surface area contributed by atoms with Gasteiger partial charge in [-0.3, -0.25) is 0 Å². The second-order valence-electron chi connectivity index (χ2n) is 3.29. The van der Waals surface area contributed by atoms with Gasteiger partial charge in [0.05, 0.1) is 12.7 Å². The van der Waals surface area contributed by atoms with E-state index in [1.807, 2.05) is 0 Å². The van der Waals surface area contributed by atoms with Gasteiger partial charge >= 0.3 is 0 Å². The third-order valence-electron chi connectivity index (χ3n) is 1.90. The second kappa shape index (κ2) is 4.70. The summed E-state index contributed by atoms with van der Waals surface area (Å²) in [6.45, 7) is 4.02. The van der Waals surface area contributed by atoms with Crippen molar-refractivity contribution >= 4 is 0 Å². The van der Waals surface area contributed by atoms with Gasteiger partial charge in [-0.25, -0.2) is 0 Å². The molecule has 1 fully saturated rings. The number of nitrogens with one attached hydrogen (secondary N) is 1. The zero-order valence-electron chi connectivity index (χ0n) is 7.47. The van der Waals surface area contributed by atoms with Crippen LogP contribution in [0, 0.1) is 0 Å². The molecule has 66 valence electrons. The van der Waals surface area contributed by atoms with Gasteiger partial charge in [0, 0.05) is 19.6 Å². The molecule has 3 nitrogen and oxygen atoms in total. The second-order valence-corrected chi connectivity index (χ2v) is 3.29. The van der Waals surface area contributed by atoms with E-state index in [0.29, 0.717) is 6.10 Å². The van der Waals surface area contributed by atoms with E-state index in [0.717, 1.165) is 32.7 Å². The smallest absolute Gasteiger partial charge is 0.0712 e. The van der Waals surface area contributed by atoms with E-state index in [4.69, 9.17) is 4.74 Å². The quantitative estimate of drug-likeness (QED) is 0.622. The summed E-state index contributed by atoms with van der Waals surface area (Å²) in [6, 6.07) is 0. The highest BCUT2D eigenvalue weighted by atomic mass is 16.5. The van der Waals surface area contributed by atoms with Crippen molar-refractivity contribution in [3.05, 3.63) is 0 Å². The van der Waals surface area contributed by atoms with E-state index in [1.165, 1.54) is 0 Å². The normalized spacial score (nSPS) is 25.9. The van der Waals surface area contributed by atoms with E-state index < -0.39 is 0 Å². The molecule has 3 heteroatoms. The summed E-state index contributed by atoms with van der Waals surface area (Å²) in [4.78, 5) is 2.19. The summed E-state index contributed by atoms with van der Waals surface area (Å²) in [6.07, 6.45) is 1.58. The molecule has 0 saturated carbocycles. The monoisotopic (exact) mass is 158 g/mol. The van der Waals surface area contributed by atoms with Gasteiger partial charge in [-0.1, -0.05) is 0 Å². The first kappa shape index (κ1) is 8.97. The molecule has 1 unspecified atom stereocenters. The van der Waals surface area contributed by atoms with Gasteiger partial charge in [-0.05, 0) is 20.5 Å². The Bertz CT molecular complexity index is 100. The lowest BCUT2D eigenvalue weighted by molar-refractivity contribution is 0.0198. The molecule has 1 atom stereocenters. The molecule has 0 bridgehead atoms. The molecule has 0 aromatic carbocycles. The van der Waals surface area contributed by atoms with Crippen molar-refractivity contribution in [3.63, 3.8) is 0 Å². The summed E-state index contributed by atoms with van der Waals surface area (Å²) in [5.74, 6) is 0. The highest BCUT2D eigenvalue weighted by Gasteiger charge is 2.12. The van der Waals surface area contributed by atoms with Crippen LogP contribution in [0.4, 0.5) is 0 Å². The lowest BCUT2D eigenvalue weighted by Gasteiger charge is -2.24. The molecule has 1 heterocycles. The van der Waals surface area contributed by atoms with Crippen LogP contribution < -0.4 is 5.32 Å². The van der Waals surface area contributed by atoms with Crippen molar-refractivity contribution in [2.24, 2.45) is 0 Å². The summed E-state index contributed by atoms with van der Waals surface area (Å²) in [5.41, 5.74) is 0. The highest BCUT2D eigenvalue weighted by molar-refractivity contribution is 4.67. The largest absolute Gasteiger partial charge is 0.376 e. The van der Waals surface area contributed by atoms with Crippen LogP contribution >= 0.6 is 0 Å². The van der Waals surface area contributed by atoms with Crippen LogP contribution in [0.15, 0.2) is 0 Å². The molecule has 1 rings (SSSR count). The molecule has 1 aliphatic rings. The molecular weight excluding hydrogens is 140 g/mol. The maximum absolute atomic E-state index is 5.54. The Labute approximate surface area is 68.7 Å². The third-order valence-corrected chi connectivity index (χ3v) is 1.90. The van der Waals surface area contributed by atoms with Crippen LogP contribution in [0.5, 0.6) is 0 Å². The minimum atomic E-state index is 0.436. The topological polar surface area (TPSA) is 24.5 Å². The zero-order chi connectivity index (χ0) is 8.10. The molecule has 1 aliphatic heterocycles. The maximum atomic E-state index is 5.54. The SMILES string of the molecule is CN(C)CCC1CNCCO1. The van der Waals surface area contributed by atoms with Crippen LogP contribution in [-0.4, -0.2) is 51.3 Å².